The average Bonchev–Trinajstić information content (AvgIpc) is 4.11. The van der Waals surface area contributed by atoms with Crippen LogP contribution in [0.2, 0.25) is 0 Å². The minimum Gasteiger partial charge on any atom is -0.481 e. The van der Waals surface area contributed by atoms with E-state index in [2.05, 4.69) is 98.1 Å². The molecule has 9 N–H and O–H groups in total. The highest BCUT2D eigenvalue weighted by molar-refractivity contribution is 6.08. The molecule has 0 radical (unpaired) electrons. The Morgan fingerprint density at radius 1 is 0.738 bits per heavy atom. The molecule has 346 valence electrons. The minimum absolute atomic E-state index is 0. The van der Waals surface area contributed by atoms with Gasteiger partial charge in [0, 0.05) is 87.1 Å². The van der Waals surface area contributed by atoms with Gasteiger partial charge in [0.05, 0.1) is 22.6 Å². The van der Waals surface area contributed by atoms with Crippen LogP contribution in [0.25, 0.3) is 12.3 Å². The molecule has 2 aromatic heterocycles. The number of imidazole rings is 2. The zero-order valence-electron chi connectivity index (χ0n) is 37.1. The standard InChI is InChI=1S/C13H14N2.C9H9N.C7H7NO4.2C6H8N2.C5H7N.C2H4O2.CH4.H2O/c1-3-12-4-6-13(7-5-12)10-15-9-8-14-11(15)2;1-7-6-8-4-2-3-5-9(8)10-7;1-3-2-4(6(9)10)5(8-3)7(11)12;1-3-8-5-4-7-6(8)2;7-5-3-1-2-4-6(5)8;1-5-3-2-4-6-5;1-2(3)4;;/h3-9H,1,10H2,2H3;2-5H,6H2,1H3;2H2,1H3,(H,9,10)(H,11,12);3-5H,1H2,2H3;1-4H,7-8H2;2,4H,3H2,1H3;1H3,(H,3,4);1H4;1H2. The quantitative estimate of drug-likeness (QED) is 0.101. The summed E-state index contributed by atoms with van der Waals surface area (Å²) < 4.78 is 3.99. The number of carboxylic acid groups (broad SMARTS) is 3. The summed E-state index contributed by atoms with van der Waals surface area (Å²) in [6, 6.07) is 23.9. The van der Waals surface area contributed by atoms with E-state index in [1.807, 2.05) is 74.4 Å². The molecule has 0 unspecified atom stereocenters. The first-order chi connectivity index (χ1) is 29.9. The molecule has 0 bridgehead atoms. The number of anilines is 2. The Morgan fingerprint density at radius 2 is 1.29 bits per heavy atom. The normalized spacial score (nSPS) is 11.9. The summed E-state index contributed by atoms with van der Waals surface area (Å²) in [5.74, 6) is -1.32. The third kappa shape index (κ3) is 21.6. The van der Waals surface area contributed by atoms with E-state index in [4.69, 9.17) is 31.6 Å². The molecule has 3 aliphatic rings. The van der Waals surface area contributed by atoms with Crippen LogP contribution in [0.4, 0.5) is 17.1 Å². The maximum Gasteiger partial charge on any atom is 0.355 e. The first-order valence-electron chi connectivity index (χ1n) is 19.6. The van der Waals surface area contributed by atoms with Gasteiger partial charge in [-0.05, 0) is 69.5 Å². The molecule has 0 fully saturated rings. The highest BCUT2D eigenvalue weighted by atomic mass is 16.4. The number of carbonyl (C=O) groups is 3. The summed E-state index contributed by atoms with van der Waals surface area (Å²) in [5, 5.41) is 24.5. The third-order valence-corrected chi connectivity index (χ3v) is 8.59. The number of aliphatic imine (C=N–C) groups is 3. The molecule has 65 heavy (non-hydrogen) atoms. The van der Waals surface area contributed by atoms with Crippen LogP contribution in [0.3, 0.4) is 0 Å². The molecular formula is C49H63N9O7. The summed E-state index contributed by atoms with van der Waals surface area (Å²) >= 11 is 0. The van der Waals surface area contributed by atoms with Crippen LogP contribution in [-0.4, -0.2) is 74.9 Å². The minimum atomic E-state index is -1.29. The monoisotopic (exact) mass is 889 g/mol. The van der Waals surface area contributed by atoms with Gasteiger partial charge in [-0.15, -0.1) is 0 Å². The van der Waals surface area contributed by atoms with Gasteiger partial charge in [-0.1, -0.05) is 87.3 Å². The molecule has 0 spiro atoms. The van der Waals surface area contributed by atoms with Crippen LogP contribution < -0.4 is 11.5 Å². The second-order valence-electron chi connectivity index (χ2n) is 13.8. The number of nitrogens with two attached hydrogens (primary N) is 2. The predicted molar refractivity (Wildman–Crippen MR) is 265 cm³/mol. The first kappa shape index (κ1) is 57.0. The fourth-order valence-corrected chi connectivity index (χ4v) is 5.36. The van der Waals surface area contributed by atoms with Gasteiger partial charge in [-0.2, -0.15) is 0 Å². The van der Waals surface area contributed by atoms with Crippen molar-refractivity contribution < 1.29 is 35.2 Å². The van der Waals surface area contributed by atoms with Crippen LogP contribution in [0.1, 0.15) is 76.3 Å². The number of benzene rings is 3. The number of allylic oxidation sites excluding steroid dienone is 1. The van der Waals surface area contributed by atoms with Crippen molar-refractivity contribution >= 4 is 64.4 Å². The van der Waals surface area contributed by atoms with E-state index in [0.717, 1.165) is 49.2 Å². The summed E-state index contributed by atoms with van der Waals surface area (Å²) in [7, 11) is 0. The zero-order valence-corrected chi connectivity index (χ0v) is 37.1. The first-order valence-corrected chi connectivity index (χ1v) is 19.6. The van der Waals surface area contributed by atoms with Gasteiger partial charge in [-0.25, -0.2) is 24.5 Å². The molecule has 0 saturated carbocycles. The van der Waals surface area contributed by atoms with E-state index in [1.54, 1.807) is 31.5 Å². The molecule has 3 aromatic carbocycles. The number of nitrogen functional groups attached to an aromatic ring is 2. The van der Waals surface area contributed by atoms with E-state index < -0.39 is 17.9 Å². The summed E-state index contributed by atoms with van der Waals surface area (Å²) in [5.41, 5.74) is 19.5. The summed E-state index contributed by atoms with van der Waals surface area (Å²) in [4.78, 5) is 50.0. The zero-order chi connectivity index (χ0) is 46.9. The SMILES string of the molecule is C.C=Cc1ccc(Cn2ccnc2C)cc1.C=Cn1ccnc1C.CC(=O)O.CC1=NC(C(=O)O)=C(C(=O)O)C1.CC1=NC=CC1.CC1=Nc2ccccc2C1.Nc1ccccc1N.O. The Kier molecular flexibility index (Phi) is 26.4. The number of aryl methyl sites for hydroxylation is 2. The molecule has 0 saturated heterocycles. The van der Waals surface area contributed by atoms with Crippen molar-refractivity contribution in [1.29, 1.82) is 0 Å². The van der Waals surface area contributed by atoms with Crippen molar-refractivity contribution in [2.75, 3.05) is 11.5 Å². The molecule has 8 rings (SSSR count). The summed E-state index contributed by atoms with van der Waals surface area (Å²) in [6.07, 6.45) is 17.1. The van der Waals surface area contributed by atoms with Crippen molar-refractivity contribution in [2.24, 2.45) is 15.0 Å². The van der Waals surface area contributed by atoms with Crippen molar-refractivity contribution in [3.05, 3.63) is 163 Å². The number of rotatable bonds is 6. The summed E-state index contributed by atoms with van der Waals surface area (Å²) in [6.45, 7) is 18.9. The molecule has 0 atom stereocenters. The Balaban J connectivity index is 0.000000754. The van der Waals surface area contributed by atoms with E-state index in [-0.39, 0.29) is 30.6 Å². The van der Waals surface area contributed by atoms with Gasteiger partial charge in [0.1, 0.15) is 11.6 Å². The van der Waals surface area contributed by atoms with Gasteiger partial charge in [0.2, 0.25) is 0 Å². The Labute approximate surface area is 381 Å². The van der Waals surface area contributed by atoms with Gasteiger partial charge < -0.3 is 41.4 Å². The number of nitrogens with zero attached hydrogens (tertiary/aromatic N) is 7. The topological polar surface area (TPSA) is 268 Å². The largest absolute Gasteiger partial charge is 0.481 e. The maximum absolute atomic E-state index is 10.5. The number of aliphatic carboxylic acids is 3. The van der Waals surface area contributed by atoms with Crippen LogP contribution in [0, 0.1) is 13.8 Å². The molecule has 16 nitrogen and oxygen atoms in total. The van der Waals surface area contributed by atoms with E-state index >= 15 is 0 Å². The van der Waals surface area contributed by atoms with E-state index in [0.29, 0.717) is 17.1 Å². The predicted octanol–water partition coefficient (Wildman–Crippen LogP) is 8.90. The van der Waals surface area contributed by atoms with Crippen LogP contribution in [0.5, 0.6) is 0 Å². The number of aromatic nitrogens is 4. The Hall–Kier alpha value is -7.98. The molecule has 5 aromatic rings. The maximum atomic E-state index is 10.5. The molecule has 3 aliphatic heterocycles. The van der Waals surface area contributed by atoms with Crippen molar-refractivity contribution in [3.63, 3.8) is 0 Å². The number of carboxylic acids is 3. The van der Waals surface area contributed by atoms with Crippen molar-refractivity contribution in [1.82, 2.24) is 19.1 Å². The second-order valence-corrected chi connectivity index (χ2v) is 13.8. The lowest BCUT2D eigenvalue weighted by atomic mass is 10.1. The molecule has 16 heteroatoms. The lowest BCUT2D eigenvalue weighted by Gasteiger charge is -2.05. The van der Waals surface area contributed by atoms with E-state index in [1.165, 1.54) is 22.6 Å². The van der Waals surface area contributed by atoms with Gasteiger partial charge in [0.25, 0.3) is 5.97 Å². The smallest absolute Gasteiger partial charge is 0.355 e. The fraction of sp³-hybridized carbons (Fsp3) is 0.224. The number of hydrogen-bond donors (Lipinski definition) is 5. The molecule has 5 heterocycles. The second kappa shape index (κ2) is 30.1. The van der Waals surface area contributed by atoms with Crippen molar-refractivity contribution in [3.8, 4) is 0 Å². The van der Waals surface area contributed by atoms with Crippen molar-refractivity contribution in [2.45, 2.75) is 74.8 Å². The highest BCUT2D eigenvalue weighted by Gasteiger charge is 2.25. The number of hydrogen-bond acceptors (Lipinski definition) is 10. The number of para-hydroxylation sites is 3. The van der Waals surface area contributed by atoms with E-state index in [9.17, 15) is 9.59 Å². The lowest BCUT2D eigenvalue weighted by molar-refractivity contribution is -0.135. The Bertz CT molecular complexity index is 2450. The van der Waals surface area contributed by atoms with Gasteiger partial charge in [-0.3, -0.25) is 14.8 Å². The van der Waals surface area contributed by atoms with Crippen LogP contribution >= 0.6 is 0 Å². The number of fused-ring (bicyclic) bond motifs is 1. The lowest BCUT2D eigenvalue weighted by Crippen LogP contribution is -2.06. The van der Waals surface area contributed by atoms with Gasteiger partial charge in [0.15, 0.2) is 5.70 Å². The van der Waals surface area contributed by atoms with Crippen LogP contribution in [-0.2, 0) is 27.3 Å². The molecule has 0 aliphatic carbocycles. The molecular weight excluding hydrogens is 827 g/mol. The Morgan fingerprint density at radius 3 is 1.68 bits per heavy atom. The molecule has 0 amide bonds. The van der Waals surface area contributed by atoms with Gasteiger partial charge >= 0.3 is 11.9 Å². The average molecular weight is 890 g/mol. The third-order valence-electron chi connectivity index (χ3n) is 8.59. The highest BCUT2D eigenvalue weighted by Crippen LogP contribution is 2.25. The fourth-order valence-electron chi connectivity index (χ4n) is 5.36. The van der Waals surface area contributed by atoms with Crippen LogP contribution in [0.15, 0.2) is 149 Å².